The fraction of sp³-hybridized carbons (Fsp3) is 0.173. The largest absolute Gasteiger partial charge is 0.477 e. The van der Waals surface area contributed by atoms with E-state index in [9.17, 15) is 57.8 Å². The quantitative estimate of drug-likeness (QED) is 0.0771. The van der Waals surface area contributed by atoms with Gasteiger partial charge in [0.25, 0.3) is 53.2 Å². The predicted molar refractivity (Wildman–Crippen MR) is 311 cm³/mol. The molecule has 0 aliphatic carbocycles. The van der Waals surface area contributed by atoms with Crippen molar-refractivity contribution >= 4 is 117 Å². The molecule has 1 aliphatic rings. The average Bonchev–Trinajstić information content (AvgIpc) is 2.00. The highest BCUT2D eigenvalue weighted by Crippen LogP contribution is 2.34. The minimum absolute atomic E-state index is 0.0253. The maximum absolute atomic E-state index is 13.9. The number of thioether (sulfide) groups is 1. The Bertz CT molecular complexity index is 3910. The van der Waals surface area contributed by atoms with Crippen molar-refractivity contribution in [2.75, 3.05) is 12.0 Å². The summed E-state index contributed by atoms with van der Waals surface area (Å²) < 4.78 is 11.3. The number of carboxylic acids is 1. The minimum Gasteiger partial charge on any atom is -0.477 e. The summed E-state index contributed by atoms with van der Waals surface area (Å²) in [4.78, 5) is 170. The first-order chi connectivity index (χ1) is 41.2. The number of aromatic nitrogens is 6. The monoisotopic (exact) mass is 1260 g/mol. The normalized spacial score (nSPS) is 16.4. The van der Waals surface area contributed by atoms with Gasteiger partial charge in [-0.2, -0.15) is 11.8 Å². The first kappa shape index (κ1) is 64.0. The van der Waals surface area contributed by atoms with E-state index in [1.165, 1.54) is 47.0 Å². The number of nitrogens with one attached hydrogen (secondary N) is 10. The average molecular weight is 1270 g/mol. The molecule has 0 aromatic carbocycles. The summed E-state index contributed by atoms with van der Waals surface area (Å²) in [5.41, 5.74) is -4.59. The molecule has 6 aromatic heterocycles. The van der Waals surface area contributed by atoms with Gasteiger partial charge in [0.1, 0.15) is 79.5 Å². The zero-order chi connectivity index (χ0) is 63.6. The molecular formula is C52H48N16O15S4. The van der Waals surface area contributed by atoms with Crippen LogP contribution in [0.2, 0.25) is 0 Å². The van der Waals surface area contributed by atoms with Crippen molar-refractivity contribution in [3.05, 3.63) is 159 Å². The van der Waals surface area contributed by atoms with E-state index < -0.39 is 123 Å². The number of carbonyl (C=O) groups excluding carboxylic acids is 10. The highest BCUT2D eigenvalue weighted by atomic mass is 32.2. The lowest BCUT2D eigenvalue weighted by Crippen LogP contribution is -2.53. The fourth-order valence-electron chi connectivity index (χ4n) is 7.00. The Balaban J connectivity index is 1.16. The van der Waals surface area contributed by atoms with Crippen LogP contribution in [-0.2, 0) is 35.3 Å². The topological polar surface area (TPSA) is 452 Å². The summed E-state index contributed by atoms with van der Waals surface area (Å²) in [5.74, 6) is -11.3. The number of nitrogens with zero attached hydrogens (tertiary/aromatic N) is 6. The highest BCUT2D eigenvalue weighted by molar-refractivity contribution is 7.98. The van der Waals surface area contributed by atoms with Crippen LogP contribution in [0.1, 0.15) is 100 Å². The number of thiazole rings is 3. The SMILES string of the molecule is C=C(NC(=O)C(=C)NC(=O)C(=C)NC(=O)C(=C)NC(=O)c1ccc2c(n1)-c1coc(n1)C(=C)NC(=O)C(=C)NC(=O)c1csc(n1)[C@@H](C)NC(=O)c1csc(n1)CNC(=O)c1coc(n1)[C@@H](CSC)NC(=O)[C@H]([C@@H](C)O)NC(=O)c1csc-2n1)C(=O)O. The first-order valence-corrected chi connectivity index (χ1v) is 28.7. The van der Waals surface area contributed by atoms with Crippen molar-refractivity contribution in [3.8, 4) is 22.0 Å². The maximum Gasteiger partial charge on any atom is 0.351 e. The Kier molecular flexibility index (Phi) is 20.5. The number of fused-ring (bicyclic) bond motifs is 13. The number of carbonyl (C=O) groups is 11. The molecule has 87 heavy (non-hydrogen) atoms. The standard InChI is InChI=1S/C52H48N16O15S4/c1-19(38(70)55-20(2)41(73)60-25(7)52(80)81)54-39(71)21(3)56-43(75)28-11-10-27-37(62-28)29-13-82-48(64-29)23(5)58-40(72)22(4)57-45(77)32-17-86-50(66-32)24(6)59-44(76)31-16-85-35(61-31)12-53-42(74)30-14-83-49(65-30)34(15-84-9)63-47(79)36(26(8)69)68-46(78)33-18-87-51(27)67-33/h10-11,13-14,16-18,24,26,34,36,69H,1-5,7,12,15H2,6,8-9H3,(H,53,74)(H,54,71)(H,55,70)(H,56,75)(H,57,77)(H,58,72)(H,59,76)(H,60,73)(H,63,79)(H,68,78)(H,80,81)/t24-,26-,34-,36+/m1/s1. The zero-order valence-electron chi connectivity index (χ0n) is 45.5. The lowest BCUT2D eigenvalue weighted by molar-refractivity contribution is -0.134. The van der Waals surface area contributed by atoms with Gasteiger partial charge in [-0.15, -0.1) is 34.0 Å². The second-order valence-corrected chi connectivity index (χ2v) is 21.5. The smallest absolute Gasteiger partial charge is 0.351 e. The molecule has 10 amide bonds. The van der Waals surface area contributed by atoms with Gasteiger partial charge >= 0.3 is 5.97 Å². The van der Waals surface area contributed by atoms with Gasteiger partial charge in [0.15, 0.2) is 5.69 Å². The van der Waals surface area contributed by atoms with Gasteiger partial charge in [0.05, 0.1) is 47.2 Å². The van der Waals surface area contributed by atoms with Crippen LogP contribution < -0.4 is 53.2 Å². The van der Waals surface area contributed by atoms with Crippen LogP contribution >= 0.6 is 45.8 Å². The predicted octanol–water partition coefficient (Wildman–Crippen LogP) is 1.44. The maximum atomic E-state index is 13.9. The Morgan fingerprint density at radius 1 is 0.678 bits per heavy atom. The third kappa shape index (κ3) is 16.0. The van der Waals surface area contributed by atoms with Gasteiger partial charge in [0.2, 0.25) is 17.7 Å². The minimum atomic E-state index is -1.60. The molecule has 4 atom stereocenters. The van der Waals surface area contributed by atoms with Crippen LogP contribution in [0.3, 0.4) is 0 Å². The summed E-state index contributed by atoms with van der Waals surface area (Å²) in [7, 11) is 0. The third-order valence-electron chi connectivity index (χ3n) is 11.5. The lowest BCUT2D eigenvalue weighted by atomic mass is 10.1. The Hall–Kier alpha value is -10.6. The van der Waals surface area contributed by atoms with E-state index in [1.807, 2.05) is 10.6 Å². The molecule has 12 N–H and O–H groups in total. The molecule has 6 aromatic rings. The molecule has 0 radical (unpaired) electrons. The summed E-state index contributed by atoms with van der Waals surface area (Å²) in [6.45, 7) is 23.6. The van der Waals surface area contributed by atoms with Gasteiger partial charge in [-0.25, -0.2) is 34.7 Å². The number of rotatable bonds is 12. The first-order valence-electron chi connectivity index (χ1n) is 24.6. The van der Waals surface area contributed by atoms with Crippen molar-refractivity contribution < 1.29 is 71.8 Å². The molecular weight excluding hydrogens is 1220 g/mol. The van der Waals surface area contributed by atoms with Gasteiger partial charge < -0.3 is 72.2 Å². The molecule has 0 fully saturated rings. The van der Waals surface area contributed by atoms with Crippen molar-refractivity contribution in [1.82, 2.24) is 83.1 Å². The Labute approximate surface area is 506 Å². The number of aliphatic hydroxyl groups is 1. The molecule has 1 aliphatic heterocycles. The number of hydrogen-bond acceptors (Lipinski definition) is 24. The second-order valence-electron chi connectivity index (χ2n) is 17.9. The highest BCUT2D eigenvalue weighted by Gasteiger charge is 2.32. The fourth-order valence-corrected chi connectivity index (χ4v) is 9.91. The summed E-state index contributed by atoms with van der Waals surface area (Å²) >= 11 is 4.29. The van der Waals surface area contributed by atoms with E-state index in [-0.39, 0.29) is 74.5 Å². The summed E-state index contributed by atoms with van der Waals surface area (Å²) in [6.07, 6.45) is 2.35. The van der Waals surface area contributed by atoms with E-state index >= 15 is 0 Å². The zero-order valence-corrected chi connectivity index (χ0v) is 48.8. The molecule has 0 spiro atoms. The molecule has 450 valence electrons. The van der Waals surface area contributed by atoms with E-state index in [0.717, 1.165) is 46.5 Å². The molecule has 7 rings (SSSR count). The molecule has 10 bridgehead atoms. The molecule has 0 saturated carbocycles. The van der Waals surface area contributed by atoms with E-state index in [4.69, 9.17) is 13.9 Å². The third-order valence-corrected chi connectivity index (χ3v) is 14.9. The molecule has 7 heterocycles. The summed E-state index contributed by atoms with van der Waals surface area (Å²) in [5, 5.41) is 48.2. The molecule has 35 heteroatoms. The second kappa shape index (κ2) is 27.8. The van der Waals surface area contributed by atoms with Crippen LogP contribution in [0, 0.1) is 0 Å². The lowest BCUT2D eigenvalue weighted by Gasteiger charge is -2.23. The number of amides is 10. The van der Waals surface area contributed by atoms with Crippen molar-refractivity contribution in [2.45, 2.75) is 44.6 Å². The molecule has 0 saturated heterocycles. The molecule has 0 unspecified atom stereocenters. The van der Waals surface area contributed by atoms with E-state index in [1.54, 1.807) is 13.2 Å². The van der Waals surface area contributed by atoms with Crippen LogP contribution in [0.15, 0.2) is 118 Å². The number of aliphatic carboxylic acids is 1. The number of pyridine rings is 1. The number of carboxylic acid groups (broad SMARTS) is 1. The van der Waals surface area contributed by atoms with Crippen molar-refractivity contribution in [2.24, 2.45) is 0 Å². The van der Waals surface area contributed by atoms with Gasteiger partial charge in [0, 0.05) is 27.5 Å². The van der Waals surface area contributed by atoms with Gasteiger partial charge in [-0.1, -0.05) is 39.5 Å². The van der Waals surface area contributed by atoms with E-state index in [0.29, 0.717) is 10.0 Å². The Morgan fingerprint density at radius 3 is 1.94 bits per heavy atom. The van der Waals surface area contributed by atoms with Crippen LogP contribution in [0.25, 0.3) is 27.7 Å². The number of aliphatic hydroxyl groups excluding tert-OH is 1. The van der Waals surface area contributed by atoms with Crippen LogP contribution in [0.5, 0.6) is 0 Å². The van der Waals surface area contributed by atoms with Gasteiger partial charge in [-0.3, -0.25) is 47.9 Å². The van der Waals surface area contributed by atoms with E-state index in [2.05, 4.69) is 112 Å². The number of oxazole rings is 2. The number of hydrogen-bond donors (Lipinski definition) is 12. The van der Waals surface area contributed by atoms with Crippen LogP contribution in [0.4, 0.5) is 0 Å². The Morgan fingerprint density at radius 2 is 1.28 bits per heavy atom. The van der Waals surface area contributed by atoms with Gasteiger partial charge in [-0.05, 0) is 32.2 Å². The molecule has 31 nitrogen and oxygen atoms in total. The summed E-state index contributed by atoms with van der Waals surface area (Å²) in [6, 6.07) is -0.796. The van der Waals surface area contributed by atoms with Crippen LogP contribution in [-0.4, -0.2) is 129 Å². The van der Waals surface area contributed by atoms with Crippen molar-refractivity contribution in [1.29, 1.82) is 0 Å². The van der Waals surface area contributed by atoms with Crippen molar-refractivity contribution in [3.63, 3.8) is 0 Å².